The molecule has 0 spiro atoms. The maximum absolute atomic E-state index is 12.9. The molecule has 0 saturated carbocycles. The predicted octanol–water partition coefficient (Wildman–Crippen LogP) is 2.67. The number of carbonyl (C=O) groups excluding carboxylic acids is 3. The number of hydrogen-bond acceptors (Lipinski definition) is 5. The lowest BCUT2D eigenvalue weighted by Gasteiger charge is -2.32. The first-order valence-electron chi connectivity index (χ1n) is 9.28. The van der Waals surface area contributed by atoms with Crippen molar-refractivity contribution in [3.05, 3.63) is 46.6 Å². The van der Waals surface area contributed by atoms with Crippen molar-refractivity contribution in [3.63, 3.8) is 0 Å². The smallest absolute Gasteiger partial charge is 0.262 e. The number of likely N-dealkylation sites (tertiary alicyclic amines) is 1. The van der Waals surface area contributed by atoms with Crippen molar-refractivity contribution in [1.29, 1.82) is 0 Å². The molecule has 2 N–H and O–H groups in total. The van der Waals surface area contributed by atoms with Gasteiger partial charge in [-0.3, -0.25) is 14.4 Å². The van der Waals surface area contributed by atoms with Gasteiger partial charge in [0.15, 0.2) is 6.61 Å². The Kier molecular flexibility index (Phi) is 5.48. The first-order valence-corrected chi connectivity index (χ1v) is 10.1. The molecule has 29 heavy (non-hydrogen) atoms. The number of benzene rings is 1. The molecule has 3 amide bonds. The van der Waals surface area contributed by atoms with Gasteiger partial charge in [-0.2, -0.15) is 0 Å². The standard InChI is InChI=1S/C20H19BrN4O4/c21-14-4-6-17(22-9-14)24-19(27)13-2-1-7-25(10-13)20(28)12-3-5-15-16(8-12)29-11-18(26)23-15/h3-6,8-9,13H,1-2,7,10-11H2,(H,23,26)(H,22,24,27). The molecule has 1 atom stereocenters. The zero-order valence-corrected chi connectivity index (χ0v) is 17.1. The summed E-state index contributed by atoms with van der Waals surface area (Å²) in [7, 11) is 0. The van der Waals surface area contributed by atoms with Crippen molar-refractivity contribution < 1.29 is 19.1 Å². The van der Waals surface area contributed by atoms with Crippen molar-refractivity contribution in [2.45, 2.75) is 12.8 Å². The lowest BCUT2D eigenvalue weighted by atomic mass is 9.96. The molecule has 1 fully saturated rings. The molecular formula is C20H19BrN4O4. The van der Waals surface area contributed by atoms with Crippen LogP contribution in [0.25, 0.3) is 0 Å². The third kappa shape index (κ3) is 4.40. The molecule has 9 heteroatoms. The summed E-state index contributed by atoms with van der Waals surface area (Å²) in [5.41, 5.74) is 1.02. The van der Waals surface area contributed by atoms with E-state index in [0.29, 0.717) is 42.3 Å². The molecule has 150 valence electrons. The Hall–Kier alpha value is -2.94. The average molecular weight is 459 g/mol. The summed E-state index contributed by atoms with van der Waals surface area (Å²) < 4.78 is 6.22. The van der Waals surface area contributed by atoms with Crippen LogP contribution >= 0.6 is 15.9 Å². The van der Waals surface area contributed by atoms with Crippen molar-refractivity contribution >= 4 is 45.2 Å². The third-order valence-corrected chi connectivity index (χ3v) is 5.39. The van der Waals surface area contributed by atoms with Gasteiger partial charge in [-0.15, -0.1) is 0 Å². The number of amides is 3. The van der Waals surface area contributed by atoms with E-state index in [1.165, 1.54) is 0 Å². The predicted molar refractivity (Wildman–Crippen MR) is 110 cm³/mol. The Labute approximate surface area is 175 Å². The highest BCUT2D eigenvalue weighted by atomic mass is 79.9. The first kappa shape index (κ1) is 19.4. The van der Waals surface area contributed by atoms with Crippen LogP contribution in [-0.2, 0) is 9.59 Å². The largest absolute Gasteiger partial charge is 0.482 e. The molecule has 1 unspecified atom stereocenters. The fraction of sp³-hybridized carbons (Fsp3) is 0.300. The number of piperidine rings is 1. The summed E-state index contributed by atoms with van der Waals surface area (Å²) in [5.74, 6) is 0.132. The number of ether oxygens (including phenoxy) is 1. The van der Waals surface area contributed by atoms with Crippen LogP contribution in [0.4, 0.5) is 11.5 Å². The highest BCUT2D eigenvalue weighted by molar-refractivity contribution is 9.10. The van der Waals surface area contributed by atoms with E-state index >= 15 is 0 Å². The minimum Gasteiger partial charge on any atom is -0.482 e. The summed E-state index contributed by atoms with van der Waals surface area (Å²) in [6, 6.07) is 8.48. The molecule has 2 aliphatic rings. The Morgan fingerprint density at radius 3 is 2.93 bits per heavy atom. The number of nitrogens with one attached hydrogen (secondary N) is 2. The number of pyridine rings is 1. The molecular weight excluding hydrogens is 440 g/mol. The molecule has 1 aromatic heterocycles. The number of nitrogens with zero attached hydrogens (tertiary/aromatic N) is 2. The van der Waals surface area contributed by atoms with Gasteiger partial charge in [0.2, 0.25) is 5.91 Å². The summed E-state index contributed by atoms with van der Waals surface area (Å²) >= 11 is 3.31. The maximum Gasteiger partial charge on any atom is 0.262 e. The van der Waals surface area contributed by atoms with Crippen molar-refractivity contribution in [3.8, 4) is 5.75 Å². The number of fused-ring (bicyclic) bond motifs is 1. The van der Waals surface area contributed by atoms with Gasteiger partial charge in [0.05, 0.1) is 11.6 Å². The van der Waals surface area contributed by atoms with E-state index < -0.39 is 0 Å². The normalized spacial score (nSPS) is 18.3. The average Bonchev–Trinajstić information content (AvgIpc) is 2.74. The van der Waals surface area contributed by atoms with Crippen molar-refractivity contribution in [1.82, 2.24) is 9.88 Å². The van der Waals surface area contributed by atoms with Crippen LogP contribution in [0.1, 0.15) is 23.2 Å². The molecule has 1 saturated heterocycles. The molecule has 3 heterocycles. The van der Waals surface area contributed by atoms with Gasteiger partial charge >= 0.3 is 0 Å². The first-order chi connectivity index (χ1) is 14.0. The van der Waals surface area contributed by atoms with Gasteiger partial charge in [-0.05, 0) is 59.1 Å². The maximum atomic E-state index is 12.9. The fourth-order valence-corrected chi connectivity index (χ4v) is 3.68. The van der Waals surface area contributed by atoms with E-state index in [-0.39, 0.29) is 30.2 Å². The van der Waals surface area contributed by atoms with Gasteiger partial charge in [0.1, 0.15) is 11.6 Å². The highest BCUT2D eigenvalue weighted by Gasteiger charge is 2.30. The zero-order valence-electron chi connectivity index (χ0n) is 15.5. The Morgan fingerprint density at radius 2 is 2.14 bits per heavy atom. The fourth-order valence-electron chi connectivity index (χ4n) is 3.44. The van der Waals surface area contributed by atoms with E-state index in [1.54, 1.807) is 41.4 Å². The number of halogens is 1. The summed E-state index contributed by atoms with van der Waals surface area (Å²) in [6.45, 7) is 0.865. The van der Waals surface area contributed by atoms with Crippen LogP contribution in [0.3, 0.4) is 0 Å². The van der Waals surface area contributed by atoms with Gasteiger partial charge in [0.25, 0.3) is 11.8 Å². The summed E-state index contributed by atoms with van der Waals surface area (Å²) in [5, 5.41) is 5.52. The second-order valence-corrected chi connectivity index (χ2v) is 7.90. The summed E-state index contributed by atoms with van der Waals surface area (Å²) in [6.07, 6.45) is 3.08. The monoisotopic (exact) mass is 458 g/mol. The van der Waals surface area contributed by atoms with Crippen molar-refractivity contribution in [2.75, 3.05) is 30.3 Å². The SMILES string of the molecule is O=C1COc2cc(C(=O)N3CCCC(C(=O)Nc4ccc(Br)cn4)C3)ccc2N1. The molecule has 0 bridgehead atoms. The number of rotatable bonds is 3. The van der Waals surface area contributed by atoms with Crippen LogP contribution < -0.4 is 15.4 Å². The molecule has 8 nitrogen and oxygen atoms in total. The summed E-state index contributed by atoms with van der Waals surface area (Å²) in [4.78, 5) is 42.8. The van der Waals surface area contributed by atoms with Crippen LogP contribution in [0.2, 0.25) is 0 Å². The van der Waals surface area contributed by atoms with E-state index in [2.05, 4.69) is 31.5 Å². The number of aromatic nitrogens is 1. The van der Waals surface area contributed by atoms with E-state index in [1.807, 2.05) is 0 Å². The minimum absolute atomic E-state index is 0.0688. The number of carbonyl (C=O) groups is 3. The topological polar surface area (TPSA) is 101 Å². The number of anilines is 2. The second kappa shape index (κ2) is 8.20. The van der Waals surface area contributed by atoms with Crippen LogP contribution in [0.5, 0.6) is 5.75 Å². The molecule has 2 aliphatic heterocycles. The molecule has 1 aromatic carbocycles. The zero-order chi connectivity index (χ0) is 20.4. The minimum atomic E-state index is -0.300. The van der Waals surface area contributed by atoms with Crippen molar-refractivity contribution in [2.24, 2.45) is 5.92 Å². The third-order valence-electron chi connectivity index (χ3n) is 4.92. The van der Waals surface area contributed by atoms with Crippen LogP contribution in [-0.4, -0.2) is 47.3 Å². The lowest BCUT2D eigenvalue weighted by Crippen LogP contribution is -2.43. The van der Waals surface area contributed by atoms with Crippen LogP contribution in [0.15, 0.2) is 41.0 Å². The second-order valence-electron chi connectivity index (χ2n) is 6.99. The van der Waals surface area contributed by atoms with Gasteiger partial charge in [0, 0.05) is 29.3 Å². The Bertz CT molecular complexity index is 963. The highest BCUT2D eigenvalue weighted by Crippen LogP contribution is 2.29. The van der Waals surface area contributed by atoms with Gasteiger partial charge in [-0.25, -0.2) is 4.98 Å². The lowest BCUT2D eigenvalue weighted by molar-refractivity contribution is -0.121. The molecule has 2 aromatic rings. The van der Waals surface area contributed by atoms with E-state index in [0.717, 1.165) is 10.9 Å². The Morgan fingerprint density at radius 1 is 1.28 bits per heavy atom. The van der Waals surface area contributed by atoms with Gasteiger partial charge in [-0.1, -0.05) is 0 Å². The Balaban J connectivity index is 1.42. The quantitative estimate of drug-likeness (QED) is 0.735. The molecule has 0 aliphatic carbocycles. The molecule has 4 rings (SSSR count). The van der Waals surface area contributed by atoms with Crippen LogP contribution in [0, 0.1) is 5.92 Å². The van der Waals surface area contributed by atoms with E-state index in [4.69, 9.17) is 4.74 Å². The molecule has 0 radical (unpaired) electrons. The van der Waals surface area contributed by atoms with E-state index in [9.17, 15) is 14.4 Å². The number of hydrogen-bond donors (Lipinski definition) is 2. The van der Waals surface area contributed by atoms with Gasteiger partial charge < -0.3 is 20.3 Å².